The first-order valence-electron chi connectivity index (χ1n) is 11.4. The lowest BCUT2D eigenvalue weighted by Crippen LogP contribution is -2.40. The number of hydrogen-bond acceptors (Lipinski definition) is 5. The van der Waals surface area contributed by atoms with E-state index in [1.807, 2.05) is 39.6 Å². The molecule has 1 atom stereocenters. The molecule has 4 rings (SSSR count). The van der Waals surface area contributed by atoms with Crippen LogP contribution in [0.5, 0.6) is 0 Å². The van der Waals surface area contributed by atoms with Gasteiger partial charge in [0.25, 0.3) is 0 Å². The van der Waals surface area contributed by atoms with E-state index in [0.29, 0.717) is 23.8 Å². The highest BCUT2D eigenvalue weighted by atomic mass is 32.2. The van der Waals surface area contributed by atoms with Gasteiger partial charge in [-0.05, 0) is 61.7 Å². The van der Waals surface area contributed by atoms with Gasteiger partial charge in [-0.25, -0.2) is 13.1 Å². The van der Waals surface area contributed by atoms with E-state index in [1.165, 1.54) is 11.1 Å². The molecule has 1 aliphatic heterocycles. The molecule has 1 aliphatic rings. The molecule has 176 valence electrons. The highest BCUT2D eigenvalue weighted by molar-refractivity contribution is 7.91. The molecular weight excluding hydrogens is 452 g/mol. The Bertz CT molecular complexity index is 1290. The predicted molar refractivity (Wildman–Crippen MR) is 136 cm³/mol. The van der Waals surface area contributed by atoms with E-state index in [4.69, 9.17) is 17.3 Å². The molecule has 0 bridgehead atoms. The van der Waals surface area contributed by atoms with E-state index >= 15 is 0 Å². The lowest BCUT2D eigenvalue weighted by atomic mass is 10.1. The quantitative estimate of drug-likeness (QED) is 0.451. The van der Waals surface area contributed by atoms with Gasteiger partial charge in [-0.2, -0.15) is 0 Å². The third-order valence-corrected chi connectivity index (χ3v) is 8.40. The molecule has 2 heterocycles. The van der Waals surface area contributed by atoms with Gasteiger partial charge in [0, 0.05) is 18.2 Å². The second-order valence-corrected chi connectivity index (χ2v) is 12.0. The smallest absolute Gasteiger partial charge is 0.204 e. The van der Waals surface area contributed by atoms with E-state index in [0.717, 1.165) is 23.6 Å². The Morgan fingerprint density at radius 1 is 1.12 bits per heavy atom. The van der Waals surface area contributed by atoms with Gasteiger partial charge in [-0.15, -0.1) is 5.10 Å². The zero-order chi connectivity index (χ0) is 23.8. The summed E-state index contributed by atoms with van der Waals surface area (Å²) >= 11 is 5.94. The van der Waals surface area contributed by atoms with Crippen molar-refractivity contribution in [3.8, 4) is 17.1 Å². The van der Waals surface area contributed by atoms with E-state index < -0.39 is 9.84 Å². The van der Waals surface area contributed by atoms with Gasteiger partial charge in [0.2, 0.25) is 4.77 Å². The topological polar surface area (TPSA) is 60.1 Å². The average molecular weight is 485 g/mol. The SMILES string of the molecule is Cc1ccc(-n2c(-c3ccccc3)nn(CN(CC(C)C)[C@@H]3CCS(=O)(=O)C3)c2=S)cc1C. The molecule has 0 N–H and O–H groups in total. The molecule has 8 heteroatoms. The van der Waals surface area contributed by atoms with Crippen molar-refractivity contribution < 1.29 is 8.42 Å². The first kappa shape index (κ1) is 23.9. The van der Waals surface area contributed by atoms with Crippen LogP contribution in [0.2, 0.25) is 0 Å². The van der Waals surface area contributed by atoms with E-state index in [2.05, 4.69) is 50.8 Å². The fourth-order valence-corrected chi connectivity index (χ4v) is 6.45. The number of nitrogens with zero attached hydrogens (tertiary/aromatic N) is 4. The molecule has 2 aromatic carbocycles. The monoisotopic (exact) mass is 484 g/mol. The highest BCUT2D eigenvalue weighted by Gasteiger charge is 2.33. The summed E-state index contributed by atoms with van der Waals surface area (Å²) in [6.07, 6.45) is 0.659. The largest absolute Gasteiger partial charge is 0.280 e. The molecule has 0 spiro atoms. The van der Waals surface area contributed by atoms with Gasteiger partial charge in [0.15, 0.2) is 15.7 Å². The van der Waals surface area contributed by atoms with Crippen molar-refractivity contribution in [2.75, 3.05) is 18.1 Å². The maximum atomic E-state index is 12.2. The van der Waals surface area contributed by atoms with Crippen molar-refractivity contribution in [1.82, 2.24) is 19.2 Å². The molecule has 6 nitrogen and oxygen atoms in total. The van der Waals surface area contributed by atoms with Gasteiger partial charge in [0.05, 0.1) is 23.9 Å². The van der Waals surface area contributed by atoms with Crippen molar-refractivity contribution in [3.63, 3.8) is 0 Å². The standard InChI is InChI=1S/C25H32N4O2S2/c1-18(2)15-27(23-12-13-33(30,31)16-23)17-28-25(32)29(22-11-10-19(3)20(4)14-22)24(26-28)21-8-6-5-7-9-21/h5-11,14,18,23H,12-13,15-17H2,1-4H3/t23-/m1/s1. The minimum Gasteiger partial charge on any atom is -0.280 e. The molecule has 1 aromatic heterocycles. The number of rotatable bonds is 7. The Kier molecular flexibility index (Phi) is 6.88. The third-order valence-electron chi connectivity index (χ3n) is 6.26. The van der Waals surface area contributed by atoms with Crippen LogP contribution in [0.15, 0.2) is 48.5 Å². The summed E-state index contributed by atoms with van der Waals surface area (Å²) in [7, 11) is -2.98. The van der Waals surface area contributed by atoms with Crippen LogP contribution in [-0.2, 0) is 16.5 Å². The lowest BCUT2D eigenvalue weighted by molar-refractivity contribution is 0.137. The minimum absolute atomic E-state index is 0.00811. The lowest BCUT2D eigenvalue weighted by Gasteiger charge is -2.29. The normalized spacial score (nSPS) is 17.8. The second kappa shape index (κ2) is 9.52. The van der Waals surface area contributed by atoms with Crippen LogP contribution < -0.4 is 0 Å². The van der Waals surface area contributed by atoms with Crippen molar-refractivity contribution in [3.05, 3.63) is 64.4 Å². The van der Waals surface area contributed by atoms with Crippen LogP contribution in [-0.4, -0.2) is 51.8 Å². The first-order chi connectivity index (χ1) is 15.6. The molecule has 0 saturated carbocycles. The van der Waals surface area contributed by atoms with Gasteiger partial charge in [0.1, 0.15) is 0 Å². The van der Waals surface area contributed by atoms with Crippen LogP contribution in [0.3, 0.4) is 0 Å². The molecule has 0 aliphatic carbocycles. The summed E-state index contributed by atoms with van der Waals surface area (Å²) in [5.41, 5.74) is 4.38. The molecular formula is C25H32N4O2S2. The first-order valence-corrected chi connectivity index (χ1v) is 13.6. The van der Waals surface area contributed by atoms with Crippen LogP contribution in [0.25, 0.3) is 17.1 Å². The zero-order valence-corrected chi connectivity index (χ0v) is 21.4. The Hall–Kier alpha value is -2.29. The van der Waals surface area contributed by atoms with Crippen LogP contribution in [0.4, 0.5) is 0 Å². The molecule has 1 saturated heterocycles. The number of aromatic nitrogens is 3. The van der Waals surface area contributed by atoms with Crippen LogP contribution in [0.1, 0.15) is 31.4 Å². The Balaban J connectivity index is 1.79. The van der Waals surface area contributed by atoms with E-state index in [9.17, 15) is 8.42 Å². The van der Waals surface area contributed by atoms with Gasteiger partial charge < -0.3 is 0 Å². The Morgan fingerprint density at radius 2 is 1.85 bits per heavy atom. The van der Waals surface area contributed by atoms with Crippen molar-refractivity contribution in [2.24, 2.45) is 5.92 Å². The summed E-state index contributed by atoms with van der Waals surface area (Å²) in [6.45, 7) is 9.75. The zero-order valence-electron chi connectivity index (χ0n) is 19.7. The van der Waals surface area contributed by atoms with Gasteiger partial charge in [-0.1, -0.05) is 50.2 Å². The van der Waals surface area contributed by atoms with Crippen LogP contribution >= 0.6 is 12.2 Å². The Labute approximate surface area is 201 Å². The van der Waals surface area contributed by atoms with Gasteiger partial charge in [-0.3, -0.25) is 9.47 Å². The fraction of sp³-hybridized carbons (Fsp3) is 0.440. The summed E-state index contributed by atoms with van der Waals surface area (Å²) in [6, 6.07) is 16.4. The number of aryl methyl sites for hydroxylation is 2. The fourth-order valence-electron chi connectivity index (χ4n) is 4.40. The van der Waals surface area contributed by atoms with Crippen molar-refractivity contribution in [2.45, 2.75) is 46.8 Å². The third kappa shape index (κ3) is 5.28. The molecule has 0 unspecified atom stereocenters. The summed E-state index contributed by atoms with van der Waals surface area (Å²) in [4.78, 5) is 2.23. The molecule has 0 amide bonds. The summed E-state index contributed by atoms with van der Waals surface area (Å²) < 4.78 is 28.8. The van der Waals surface area contributed by atoms with E-state index in [1.54, 1.807) is 0 Å². The molecule has 3 aromatic rings. The van der Waals surface area contributed by atoms with Crippen molar-refractivity contribution in [1.29, 1.82) is 0 Å². The minimum atomic E-state index is -2.98. The maximum absolute atomic E-state index is 12.2. The molecule has 0 radical (unpaired) electrons. The molecule has 33 heavy (non-hydrogen) atoms. The predicted octanol–water partition coefficient (Wildman–Crippen LogP) is 4.79. The maximum Gasteiger partial charge on any atom is 0.204 e. The van der Waals surface area contributed by atoms with Crippen molar-refractivity contribution >= 4 is 22.1 Å². The van der Waals surface area contributed by atoms with Crippen LogP contribution in [0, 0.1) is 24.5 Å². The van der Waals surface area contributed by atoms with E-state index in [-0.39, 0.29) is 17.5 Å². The second-order valence-electron chi connectivity index (χ2n) is 9.44. The van der Waals surface area contributed by atoms with Gasteiger partial charge >= 0.3 is 0 Å². The summed E-state index contributed by atoms with van der Waals surface area (Å²) in [5.74, 6) is 1.64. The summed E-state index contributed by atoms with van der Waals surface area (Å²) in [5, 5.41) is 4.95. The molecule has 1 fully saturated rings. The highest BCUT2D eigenvalue weighted by Crippen LogP contribution is 2.25. The number of hydrogen-bond donors (Lipinski definition) is 0. The average Bonchev–Trinajstić information content (AvgIpc) is 3.29. The Morgan fingerprint density at radius 3 is 2.45 bits per heavy atom. The number of sulfone groups is 1. The number of benzene rings is 2.